The molecule has 2 aliphatic rings. The number of fused-ring (bicyclic) bond motifs is 1. The molecule has 1 aliphatic carbocycles. The van der Waals surface area contributed by atoms with Crippen molar-refractivity contribution in [2.75, 3.05) is 13.1 Å². The van der Waals surface area contributed by atoms with Crippen LogP contribution in [0.3, 0.4) is 0 Å². The molecule has 0 aromatic heterocycles. The summed E-state index contributed by atoms with van der Waals surface area (Å²) in [4.78, 5) is 0. The van der Waals surface area contributed by atoms with E-state index >= 15 is 0 Å². The van der Waals surface area contributed by atoms with E-state index in [9.17, 15) is 0 Å². The van der Waals surface area contributed by atoms with Crippen molar-refractivity contribution < 1.29 is 0 Å². The third-order valence-corrected chi connectivity index (χ3v) is 2.97. The zero-order valence-corrected chi connectivity index (χ0v) is 6.83. The van der Waals surface area contributed by atoms with Crippen LogP contribution in [0.1, 0.15) is 6.42 Å². The molecule has 0 aromatic carbocycles. The summed E-state index contributed by atoms with van der Waals surface area (Å²) in [6.45, 7) is 2.23. The monoisotopic (exact) mass is 167 g/mol. The third kappa shape index (κ3) is 1.10. The maximum absolute atomic E-state index is 6.79. The van der Waals surface area contributed by atoms with Crippen LogP contribution in [-0.2, 0) is 0 Å². The Morgan fingerprint density at radius 3 is 2.67 bits per heavy atom. The number of hydrazone groups is 1. The van der Waals surface area contributed by atoms with Crippen LogP contribution in [0.15, 0.2) is 10.2 Å². The van der Waals surface area contributed by atoms with Crippen LogP contribution in [-0.4, -0.2) is 18.9 Å². The van der Waals surface area contributed by atoms with E-state index in [-0.39, 0.29) is 0 Å². The molecule has 0 radical (unpaired) electrons. The smallest absolute Gasteiger partial charge is 0.169 e. The van der Waals surface area contributed by atoms with Crippen molar-refractivity contribution >= 4 is 5.84 Å². The summed E-state index contributed by atoms with van der Waals surface area (Å²) in [6, 6.07) is 0. The SMILES string of the molecule is N=N/C(CC1C2CNCC21)=N\N. The first kappa shape index (κ1) is 7.67. The fraction of sp³-hybridized carbons (Fsp3) is 0.857. The molecular weight excluding hydrogens is 154 g/mol. The molecule has 0 bridgehead atoms. The number of nitrogens with one attached hydrogen (secondary N) is 2. The summed E-state index contributed by atoms with van der Waals surface area (Å²) < 4.78 is 0. The van der Waals surface area contributed by atoms with Crippen LogP contribution in [0.5, 0.6) is 0 Å². The fourth-order valence-corrected chi connectivity index (χ4v) is 2.19. The van der Waals surface area contributed by atoms with Crippen LogP contribution < -0.4 is 11.2 Å². The second kappa shape index (κ2) is 2.82. The van der Waals surface area contributed by atoms with Crippen LogP contribution in [0.2, 0.25) is 0 Å². The molecule has 2 fully saturated rings. The Balaban J connectivity index is 1.86. The number of amidine groups is 1. The molecule has 1 saturated heterocycles. The van der Waals surface area contributed by atoms with Gasteiger partial charge in [-0.3, -0.25) is 0 Å². The van der Waals surface area contributed by atoms with Crippen molar-refractivity contribution in [3.8, 4) is 0 Å². The summed E-state index contributed by atoms with van der Waals surface area (Å²) in [5.74, 6) is 7.82. The predicted octanol–water partition coefficient (Wildman–Crippen LogP) is 0.145. The molecule has 1 heterocycles. The average molecular weight is 167 g/mol. The Morgan fingerprint density at radius 1 is 1.50 bits per heavy atom. The lowest BCUT2D eigenvalue weighted by Gasteiger charge is -2.01. The second-order valence-electron chi connectivity index (χ2n) is 3.51. The van der Waals surface area contributed by atoms with Crippen LogP contribution in [0, 0.1) is 23.3 Å². The van der Waals surface area contributed by atoms with Gasteiger partial charge in [-0.15, -0.1) is 5.11 Å². The molecule has 1 saturated carbocycles. The topological polar surface area (TPSA) is 86.6 Å². The number of hydrogen-bond acceptors (Lipinski definition) is 4. The third-order valence-electron chi connectivity index (χ3n) is 2.97. The molecule has 2 atom stereocenters. The van der Waals surface area contributed by atoms with Gasteiger partial charge < -0.3 is 11.2 Å². The van der Waals surface area contributed by atoms with Gasteiger partial charge in [-0.05, 0) is 30.8 Å². The largest absolute Gasteiger partial charge is 0.321 e. The van der Waals surface area contributed by atoms with Gasteiger partial charge >= 0.3 is 0 Å². The molecule has 66 valence electrons. The van der Waals surface area contributed by atoms with Gasteiger partial charge in [0.1, 0.15) is 0 Å². The van der Waals surface area contributed by atoms with Crippen LogP contribution in [0.4, 0.5) is 0 Å². The minimum atomic E-state index is 0.481. The van der Waals surface area contributed by atoms with Crippen molar-refractivity contribution in [3.05, 3.63) is 0 Å². The first-order valence-electron chi connectivity index (χ1n) is 4.21. The molecule has 0 amide bonds. The Bertz CT molecular complexity index is 214. The highest BCUT2D eigenvalue weighted by Crippen LogP contribution is 2.50. The van der Waals surface area contributed by atoms with Gasteiger partial charge in [0, 0.05) is 6.42 Å². The van der Waals surface area contributed by atoms with Crippen molar-refractivity contribution in [1.82, 2.24) is 5.32 Å². The zero-order valence-electron chi connectivity index (χ0n) is 6.83. The molecule has 4 N–H and O–H groups in total. The predicted molar refractivity (Wildman–Crippen MR) is 44.7 cm³/mol. The van der Waals surface area contributed by atoms with Gasteiger partial charge in [-0.2, -0.15) is 5.10 Å². The van der Waals surface area contributed by atoms with E-state index < -0.39 is 0 Å². The molecule has 0 aromatic rings. The molecule has 2 unspecified atom stereocenters. The first-order valence-corrected chi connectivity index (χ1v) is 4.21. The Morgan fingerprint density at radius 2 is 2.17 bits per heavy atom. The van der Waals surface area contributed by atoms with Crippen molar-refractivity contribution in [2.45, 2.75) is 6.42 Å². The van der Waals surface area contributed by atoms with Crippen molar-refractivity contribution in [1.29, 1.82) is 5.53 Å². The summed E-state index contributed by atoms with van der Waals surface area (Å²) in [5.41, 5.74) is 6.79. The molecule has 0 spiro atoms. The maximum atomic E-state index is 6.79. The number of nitrogens with two attached hydrogens (primary N) is 1. The number of piperidine rings is 1. The molecule has 1 aliphatic heterocycles. The summed E-state index contributed by atoms with van der Waals surface area (Å²) in [6.07, 6.45) is 0.789. The van der Waals surface area contributed by atoms with E-state index in [1.807, 2.05) is 0 Å². The van der Waals surface area contributed by atoms with E-state index in [0.29, 0.717) is 11.8 Å². The summed E-state index contributed by atoms with van der Waals surface area (Å²) in [5, 5.41) is 10.0. The maximum Gasteiger partial charge on any atom is 0.169 e. The second-order valence-corrected chi connectivity index (χ2v) is 3.51. The first-order chi connectivity index (χ1) is 5.86. The minimum Gasteiger partial charge on any atom is -0.321 e. The van der Waals surface area contributed by atoms with Gasteiger partial charge in [0.25, 0.3) is 0 Å². The highest BCUT2D eigenvalue weighted by Gasteiger charge is 2.52. The van der Waals surface area contributed by atoms with E-state index in [1.54, 1.807) is 0 Å². The van der Waals surface area contributed by atoms with Gasteiger partial charge in [0.2, 0.25) is 0 Å². The van der Waals surface area contributed by atoms with Gasteiger partial charge in [-0.1, -0.05) is 0 Å². The molecular formula is C7H13N5. The van der Waals surface area contributed by atoms with Crippen LogP contribution >= 0.6 is 0 Å². The lowest BCUT2D eigenvalue weighted by Crippen LogP contribution is -2.16. The molecule has 2 rings (SSSR count). The van der Waals surface area contributed by atoms with Gasteiger partial charge in [0.15, 0.2) is 5.84 Å². The number of rotatable bonds is 2. The highest BCUT2D eigenvalue weighted by molar-refractivity contribution is 5.82. The van der Waals surface area contributed by atoms with Crippen molar-refractivity contribution in [2.24, 2.45) is 33.8 Å². The summed E-state index contributed by atoms with van der Waals surface area (Å²) in [7, 11) is 0. The number of nitrogens with zero attached hydrogens (tertiary/aromatic N) is 2. The quantitative estimate of drug-likeness (QED) is 0.180. The summed E-state index contributed by atoms with van der Waals surface area (Å²) >= 11 is 0. The van der Waals surface area contributed by atoms with E-state index in [2.05, 4.69) is 15.5 Å². The Labute approximate surface area is 70.9 Å². The van der Waals surface area contributed by atoms with Crippen LogP contribution in [0.25, 0.3) is 0 Å². The molecule has 12 heavy (non-hydrogen) atoms. The van der Waals surface area contributed by atoms with E-state index in [0.717, 1.165) is 31.3 Å². The van der Waals surface area contributed by atoms with E-state index in [4.69, 9.17) is 11.4 Å². The number of hydrogen-bond donors (Lipinski definition) is 3. The Kier molecular flexibility index (Phi) is 1.80. The van der Waals surface area contributed by atoms with Gasteiger partial charge in [-0.25, -0.2) is 5.53 Å². The normalized spacial score (nSPS) is 39.3. The standard InChI is InChI=1S/C7H13N5/c8-11-7(12-9)1-4-5-2-10-3-6(4)5/h4-6,8,10H,1-3,9H2/b11-8?,12-7-. The van der Waals surface area contributed by atoms with E-state index in [1.165, 1.54) is 0 Å². The lowest BCUT2D eigenvalue weighted by atomic mass is 10.2. The van der Waals surface area contributed by atoms with Gasteiger partial charge in [0.05, 0.1) is 0 Å². The molecule has 5 nitrogen and oxygen atoms in total. The minimum absolute atomic E-state index is 0.481. The van der Waals surface area contributed by atoms with Crippen molar-refractivity contribution in [3.63, 3.8) is 0 Å². The lowest BCUT2D eigenvalue weighted by molar-refractivity contribution is 0.609. The average Bonchev–Trinajstić information content (AvgIpc) is 2.57. The highest BCUT2D eigenvalue weighted by atomic mass is 15.2. The molecule has 5 heteroatoms. The Hall–Kier alpha value is -0.970. The fourth-order valence-electron chi connectivity index (χ4n) is 2.19. The zero-order chi connectivity index (χ0) is 8.55.